The van der Waals surface area contributed by atoms with E-state index in [1.807, 2.05) is 21.9 Å². The van der Waals surface area contributed by atoms with E-state index in [0.29, 0.717) is 37.6 Å². The summed E-state index contributed by atoms with van der Waals surface area (Å²) in [5, 5.41) is 0.653. The number of carbonyl (C=O) groups is 3. The van der Waals surface area contributed by atoms with Crippen molar-refractivity contribution in [3.05, 3.63) is 34.9 Å². The van der Waals surface area contributed by atoms with E-state index >= 15 is 0 Å². The number of nitrogens with zero attached hydrogens (tertiary/aromatic N) is 3. The van der Waals surface area contributed by atoms with Crippen LogP contribution in [0, 0.1) is 0 Å². The first-order chi connectivity index (χ1) is 11.5. The Morgan fingerprint density at radius 1 is 1.12 bits per heavy atom. The van der Waals surface area contributed by atoms with Crippen molar-refractivity contribution in [3.63, 3.8) is 0 Å². The first-order valence-electron chi connectivity index (χ1n) is 8.02. The van der Waals surface area contributed by atoms with Crippen LogP contribution in [0.2, 0.25) is 5.02 Å². The molecule has 0 aliphatic carbocycles. The molecule has 7 heteroatoms. The molecule has 0 bridgehead atoms. The predicted octanol–water partition coefficient (Wildman–Crippen LogP) is 0.784. The van der Waals surface area contributed by atoms with E-state index in [1.54, 1.807) is 12.1 Å². The fraction of sp³-hybridized carbons (Fsp3) is 0.471. The Morgan fingerprint density at radius 2 is 1.75 bits per heavy atom. The summed E-state index contributed by atoms with van der Waals surface area (Å²) in [5.41, 5.74) is 0.935. The SMILES string of the molecule is CN1C(=O)CC(N2CCN(C(=O)Cc3ccc(Cl)cc3)CC2)C1=O. The lowest BCUT2D eigenvalue weighted by Crippen LogP contribution is -2.53. The third-order valence-corrected chi connectivity index (χ3v) is 4.99. The first kappa shape index (κ1) is 16.9. The van der Waals surface area contributed by atoms with Gasteiger partial charge < -0.3 is 4.90 Å². The molecule has 128 valence electrons. The van der Waals surface area contributed by atoms with Crippen LogP contribution >= 0.6 is 11.6 Å². The topological polar surface area (TPSA) is 60.9 Å². The van der Waals surface area contributed by atoms with Crippen molar-refractivity contribution < 1.29 is 14.4 Å². The van der Waals surface area contributed by atoms with Gasteiger partial charge in [-0.05, 0) is 17.7 Å². The van der Waals surface area contributed by atoms with Gasteiger partial charge in [-0.2, -0.15) is 0 Å². The highest BCUT2D eigenvalue weighted by Crippen LogP contribution is 2.19. The summed E-state index contributed by atoms with van der Waals surface area (Å²) >= 11 is 5.85. The molecule has 3 amide bonds. The van der Waals surface area contributed by atoms with Gasteiger partial charge in [0.05, 0.1) is 18.9 Å². The van der Waals surface area contributed by atoms with Crippen LogP contribution in [0.25, 0.3) is 0 Å². The highest BCUT2D eigenvalue weighted by atomic mass is 35.5. The number of likely N-dealkylation sites (N-methyl/N-ethyl adjacent to an activating group) is 1. The maximum atomic E-state index is 12.4. The second-order valence-corrected chi connectivity index (χ2v) is 6.67. The summed E-state index contributed by atoms with van der Waals surface area (Å²) in [6.07, 6.45) is 0.592. The molecule has 1 aromatic rings. The highest BCUT2D eigenvalue weighted by Gasteiger charge is 2.40. The second-order valence-electron chi connectivity index (χ2n) is 6.23. The molecule has 2 saturated heterocycles. The van der Waals surface area contributed by atoms with Crippen LogP contribution in [0.5, 0.6) is 0 Å². The molecular weight excluding hydrogens is 330 g/mol. The van der Waals surface area contributed by atoms with Crippen LogP contribution in [-0.2, 0) is 20.8 Å². The number of likely N-dealkylation sites (tertiary alicyclic amines) is 1. The zero-order valence-electron chi connectivity index (χ0n) is 13.6. The molecule has 3 rings (SSSR count). The van der Waals surface area contributed by atoms with Crippen LogP contribution in [0.3, 0.4) is 0 Å². The number of benzene rings is 1. The van der Waals surface area contributed by atoms with Gasteiger partial charge in [0.2, 0.25) is 17.7 Å². The molecule has 2 fully saturated rings. The minimum absolute atomic E-state index is 0.0721. The van der Waals surface area contributed by atoms with Crippen molar-refractivity contribution in [2.45, 2.75) is 18.9 Å². The van der Waals surface area contributed by atoms with Crippen LogP contribution in [0.1, 0.15) is 12.0 Å². The fourth-order valence-electron chi connectivity index (χ4n) is 3.19. The van der Waals surface area contributed by atoms with Gasteiger partial charge in [-0.15, -0.1) is 0 Å². The number of hydrogen-bond acceptors (Lipinski definition) is 4. The van der Waals surface area contributed by atoms with Crippen LogP contribution < -0.4 is 0 Å². The van der Waals surface area contributed by atoms with Crippen molar-refractivity contribution in [1.29, 1.82) is 0 Å². The van der Waals surface area contributed by atoms with Crippen molar-refractivity contribution in [1.82, 2.24) is 14.7 Å². The smallest absolute Gasteiger partial charge is 0.246 e. The van der Waals surface area contributed by atoms with Gasteiger partial charge in [0, 0.05) is 38.2 Å². The maximum Gasteiger partial charge on any atom is 0.246 e. The fourth-order valence-corrected chi connectivity index (χ4v) is 3.32. The zero-order chi connectivity index (χ0) is 17.3. The van der Waals surface area contributed by atoms with E-state index in [-0.39, 0.29) is 30.2 Å². The Morgan fingerprint density at radius 3 is 2.29 bits per heavy atom. The summed E-state index contributed by atoms with van der Waals surface area (Å²) in [5.74, 6) is -0.199. The quantitative estimate of drug-likeness (QED) is 0.757. The summed E-state index contributed by atoms with van der Waals surface area (Å²) in [7, 11) is 1.52. The molecule has 1 unspecified atom stereocenters. The minimum Gasteiger partial charge on any atom is -0.340 e. The van der Waals surface area contributed by atoms with Gasteiger partial charge in [-0.3, -0.25) is 24.2 Å². The number of carbonyl (C=O) groups excluding carboxylic acids is 3. The third kappa shape index (κ3) is 3.44. The van der Waals surface area contributed by atoms with E-state index in [2.05, 4.69) is 0 Å². The van der Waals surface area contributed by atoms with E-state index in [1.165, 1.54) is 11.9 Å². The van der Waals surface area contributed by atoms with E-state index in [4.69, 9.17) is 11.6 Å². The lowest BCUT2D eigenvalue weighted by molar-refractivity contribution is -0.138. The molecule has 24 heavy (non-hydrogen) atoms. The number of halogens is 1. The average molecular weight is 350 g/mol. The Kier molecular flexibility index (Phi) is 4.87. The Hall–Kier alpha value is -1.92. The summed E-state index contributed by atoms with van der Waals surface area (Å²) < 4.78 is 0. The van der Waals surface area contributed by atoms with E-state index in [9.17, 15) is 14.4 Å². The van der Waals surface area contributed by atoms with Gasteiger partial charge in [0.25, 0.3) is 0 Å². The van der Waals surface area contributed by atoms with E-state index in [0.717, 1.165) is 5.56 Å². The number of piperazine rings is 1. The number of amides is 3. The van der Waals surface area contributed by atoms with Crippen LogP contribution in [-0.4, -0.2) is 71.7 Å². The molecule has 2 aliphatic heterocycles. The number of imide groups is 1. The van der Waals surface area contributed by atoms with Crippen LogP contribution in [0.4, 0.5) is 0 Å². The third-order valence-electron chi connectivity index (χ3n) is 4.73. The zero-order valence-corrected chi connectivity index (χ0v) is 14.3. The molecule has 0 radical (unpaired) electrons. The lowest BCUT2D eigenvalue weighted by Gasteiger charge is -2.37. The molecule has 1 aromatic carbocycles. The molecule has 2 aliphatic rings. The lowest BCUT2D eigenvalue weighted by atomic mass is 10.1. The predicted molar refractivity (Wildman–Crippen MR) is 89.5 cm³/mol. The highest BCUT2D eigenvalue weighted by molar-refractivity contribution is 6.30. The van der Waals surface area contributed by atoms with Gasteiger partial charge >= 0.3 is 0 Å². The van der Waals surface area contributed by atoms with Crippen molar-refractivity contribution in [2.24, 2.45) is 0 Å². The Labute approximate surface area is 146 Å². The van der Waals surface area contributed by atoms with E-state index < -0.39 is 0 Å². The molecular formula is C17H20ClN3O3. The molecule has 6 nitrogen and oxygen atoms in total. The standard InChI is InChI=1S/C17H20ClN3O3/c1-19-15(22)11-14(17(19)24)20-6-8-21(9-7-20)16(23)10-12-2-4-13(18)5-3-12/h2-5,14H,6-11H2,1H3. The molecule has 2 heterocycles. The van der Waals surface area contributed by atoms with Gasteiger partial charge in [-0.1, -0.05) is 23.7 Å². The second kappa shape index (κ2) is 6.91. The minimum atomic E-state index is -0.365. The molecule has 0 spiro atoms. The number of hydrogen-bond donors (Lipinski definition) is 0. The van der Waals surface area contributed by atoms with Crippen molar-refractivity contribution >= 4 is 29.3 Å². The van der Waals surface area contributed by atoms with Crippen molar-refractivity contribution in [3.8, 4) is 0 Å². The Balaban J connectivity index is 1.53. The normalized spacial score (nSPS) is 22.3. The Bertz CT molecular complexity index is 654. The molecule has 0 aromatic heterocycles. The monoisotopic (exact) mass is 349 g/mol. The van der Waals surface area contributed by atoms with Crippen molar-refractivity contribution in [2.75, 3.05) is 33.2 Å². The number of rotatable bonds is 3. The summed E-state index contributed by atoms with van der Waals surface area (Å²) in [6, 6.07) is 6.91. The molecule has 1 atom stereocenters. The van der Waals surface area contributed by atoms with Gasteiger partial charge in [0.15, 0.2) is 0 Å². The largest absolute Gasteiger partial charge is 0.340 e. The van der Waals surface area contributed by atoms with Crippen LogP contribution in [0.15, 0.2) is 24.3 Å². The first-order valence-corrected chi connectivity index (χ1v) is 8.40. The van der Waals surface area contributed by atoms with Gasteiger partial charge in [-0.25, -0.2) is 0 Å². The molecule has 0 N–H and O–H groups in total. The molecule has 0 saturated carbocycles. The summed E-state index contributed by atoms with van der Waals surface area (Å²) in [6.45, 7) is 2.38. The summed E-state index contributed by atoms with van der Waals surface area (Å²) in [4.78, 5) is 41.1. The maximum absolute atomic E-state index is 12.4. The van der Waals surface area contributed by atoms with Gasteiger partial charge in [0.1, 0.15) is 0 Å². The average Bonchev–Trinajstić information content (AvgIpc) is 2.84.